The Morgan fingerprint density at radius 3 is 2.50 bits per heavy atom. The van der Waals surface area contributed by atoms with Crippen molar-refractivity contribution in [1.82, 2.24) is 0 Å². The number of hydrogen-bond donors (Lipinski definition) is 0. The lowest BCUT2D eigenvalue weighted by molar-refractivity contribution is -0.254. The van der Waals surface area contributed by atoms with Crippen LogP contribution in [0.4, 0.5) is 0 Å². The van der Waals surface area contributed by atoms with Gasteiger partial charge in [0.15, 0.2) is 0 Å². The fourth-order valence-electron chi connectivity index (χ4n) is 4.94. The first-order chi connectivity index (χ1) is 15.1. The molecule has 0 spiro atoms. The SMILES string of the molecule is Cc1ccc(S(=O)(=O)OC2=C[C@@]3(Br)C[C@@H]4CO[C@@](OCc5ccccc5)(C3=O)[C@]24C)cc1. The number of benzene rings is 2. The monoisotopic (exact) mass is 518 g/mol. The number of allylic oxidation sites excluding steroid dienone is 1. The molecule has 8 heteroatoms. The number of ketones is 1. The molecule has 3 aliphatic carbocycles. The lowest BCUT2D eigenvalue weighted by Gasteiger charge is -2.54. The highest BCUT2D eigenvalue weighted by Crippen LogP contribution is 2.66. The highest BCUT2D eigenvalue weighted by molar-refractivity contribution is 9.10. The molecule has 1 aliphatic heterocycles. The van der Waals surface area contributed by atoms with Gasteiger partial charge in [-0.3, -0.25) is 4.79 Å². The van der Waals surface area contributed by atoms with Crippen LogP contribution in [0.3, 0.4) is 0 Å². The molecule has 2 aromatic rings. The number of hydrogen-bond acceptors (Lipinski definition) is 6. The molecule has 0 radical (unpaired) electrons. The predicted octanol–water partition coefficient (Wildman–Crippen LogP) is 4.27. The molecule has 6 rings (SSSR count). The second-order valence-electron chi connectivity index (χ2n) is 8.86. The van der Waals surface area contributed by atoms with E-state index in [1.165, 1.54) is 12.1 Å². The van der Waals surface area contributed by atoms with Crippen LogP contribution in [-0.4, -0.2) is 30.9 Å². The van der Waals surface area contributed by atoms with Crippen LogP contribution in [0.5, 0.6) is 0 Å². The molecule has 2 fully saturated rings. The number of carbonyl (C=O) groups is 1. The van der Waals surface area contributed by atoms with E-state index in [-0.39, 0.29) is 35.6 Å². The summed E-state index contributed by atoms with van der Waals surface area (Å²) < 4.78 is 43.0. The Labute approximate surface area is 195 Å². The van der Waals surface area contributed by atoms with Crippen LogP contribution in [0, 0.1) is 18.3 Å². The van der Waals surface area contributed by atoms with Crippen molar-refractivity contribution in [2.75, 3.05) is 6.61 Å². The quantitative estimate of drug-likeness (QED) is 0.419. The average molecular weight is 519 g/mol. The molecular weight excluding hydrogens is 496 g/mol. The maximum absolute atomic E-state index is 13.6. The van der Waals surface area contributed by atoms with Gasteiger partial charge in [-0.1, -0.05) is 64.0 Å². The van der Waals surface area contributed by atoms with E-state index in [0.29, 0.717) is 6.42 Å². The number of alkyl halides is 1. The zero-order valence-corrected chi connectivity index (χ0v) is 20.1. The number of ether oxygens (including phenoxy) is 2. The molecule has 4 aliphatic rings. The highest BCUT2D eigenvalue weighted by atomic mass is 79.9. The first-order valence-corrected chi connectivity index (χ1v) is 12.6. The minimum Gasteiger partial charge on any atom is -0.383 e. The van der Waals surface area contributed by atoms with Gasteiger partial charge in [0.25, 0.3) is 0 Å². The van der Waals surface area contributed by atoms with E-state index in [1.807, 2.05) is 37.3 Å². The lowest BCUT2D eigenvalue weighted by atomic mass is 9.56. The summed E-state index contributed by atoms with van der Waals surface area (Å²) in [5.41, 5.74) is 0.747. The van der Waals surface area contributed by atoms with Gasteiger partial charge in [-0.15, -0.1) is 0 Å². The summed E-state index contributed by atoms with van der Waals surface area (Å²) in [7, 11) is -4.11. The Morgan fingerprint density at radius 1 is 1.12 bits per heavy atom. The Balaban J connectivity index is 1.54. The van der Waals surface area contributed by atoms with Gasteiger partial charge in [-0.05, 0) is 44.0 Å². The van der Waals surface area contributed by atoms with Crippen LogP contribution in [0.15, 0.2) is 71.3 Å². The smallest absolute Gasteiger partial charge is 0.338 e. The Hall–Kier alpha value is -2.00. The maximum Gasteiger partial charge on any atom is 0.338 e. The summed E-state index contributed by atoms with van der Waals surface area (Å²) in [5.74, 6) is -1.88. The second-order valence-corrected chi connectivity index (χ2v) is 11.8. The summed E-state index contributed by atoms with van der Waals surface area (Å²) in [6.45, 7) is 4.10. The van der Waals surface area contributed by atoms with Crippen molar-refractivity contribution in [3.05, 3.63) is 77.6 Å². The Morgan fingerprint density at radius 2 is 1.81 bits per heavy atom. The highest BCUT2D eigenvalue weighted by Gasteiger charge is 2.77. The second kappa shape index (κ2) is 7.25. The van der Waals surface area contributed by atoms with Crippen molar-refractivity contribution in [3.63, 3.8) is 0 Å². The average Bonchev–Trinajstić information content (AvgIpc) is 3.00. The van der Waals surface area contributed by atoms with Crippen LogP contribution in [0.25, 0.3) is 0 Å². The zero-order chi connectivity index (χ0) is 22.8. The Bertz CT molecular complexity index is 1210. The fourth-order valence-corrected chi connectivity index (χ4v) is 6.82. The minimum absolute atomic E-state index is 0.0523. The van der Waals surface area contributed by atoms with Crippen molar-refractivity contribution < 1.29 is 26.9 Å². The first-order valence-electron chi connectivity index (χ1n) is 10.4. The third-order valence-electron chi connectivity index (χ3n) is 6.87. The number of Topliss-reactive ketones (excluding diaryl/α,β-unsaturated/α-hetero) is 1. The van der Waals surface area contributed by atoms with Crippen molar-refractivity contribution in [1.29, 1.82) is 0 Å². The summed E-state index contributed by atoms with van der Waals surface area (Å²) in [5, 5.41) is 0. The number of rotatable bonds is 6. The number of aryl methyl sites for hydroxylation is 1. The molecule has 32 heavy (non-hydrogen) atoms. The molecule has 1 heterocycles. The molecule has 2 aromatic carbocycles. The van der Waals surface area contributed by atoms with Crippen LogP contribution in [-0.2, 0) is 35.2 Å². The third-order valence-corrected chi connectivity index (χ3v) is 9.03. The number of carbonyl (C=O) groups excluding carboxylic acids is 1. The summed E-state index contributed by atoms with van der Waals surface area (Å²) in [6.07, 6.45) is 2.06. The van der Waals surface area contributed by atoms with Crippen LogP contribution in [0.1, 0.15) is 24.5 Å². The van der Waals surface area contributed by atoms with E-state index in [4.69, 9.17) is 13.7 Å². The van der Waals surface area contributed by atoms with Crippen LogP contribution >= 0.6 is 15.9 Å². The van der Waals surface area contributed by atoms with Gasteiger partial charge < -0.3 is 13.7 Å². The fraction of sp³-hybridized carbons (Fsp3) is 0.375. The predicted molar refractivity (Wildman–Crippen MR) is 120 cm³/mol. The standard InChI is InChI=1S/C24H23BrO6S/c1-16-8-10-19(11-9-16)32(27,28)31-20-13-23(25)12-18-15-30-24(21(23)26,22(18,20)2)29-14-17-6-4-3-5-7-17/h3-11,13,18H,12,14-15H2,1-2H3/t18-,22+,23+,24+/m1/s1. The molecule has 6 nitrogen and oxygen atoms in total. The lowest BCUT2D eigenvalue weighted by Crippen LogP contribution is -2.67. The molecule has 1 saturated heterocycles. The number of halogens is 1. The summed E-state index contributed by atoms with van der Waals surface area (Å²) in [6, 6.07) is 15.9. The van der Waals surface area contributed by atoms with Crippen LogP contribution in [0.2, 0.25) is 0 Å². The van der Waals surface area contributed by atoms with Crippen molar-refractivity contribution in [2.45, 2.75) is 41.9 Å². The van der Waals surface area contributed by atoms with E-state index in [9.17, 15) is 13.2 Å². The van der Waals surface area contributed by atoms with Crippen molar-refractivity contribution >= 4 is 31.8 Å². The molecule has 0 aromatic heterocycles. The summed E-state index contributed by atoms with van der Waals surface area (Å²) >= 11 is 3.56. The maximum atomic E-state index is 13.6. The van der Waals surface area contributed by atoms with E-state index in [1.54, 1.807) is 25.1 Å². The topological polar surface area (TPSA) is 78.9 Å². The third kappa shape index (κ3) is 3.04. The molecule has 0 unspecified atom stereocenters. The zero-order valence-electron chi connectivity index (χ0n) is 17.7. The first kappa shape index (κ1) is 21.8. The normalized spacial score (nSPS) is 33.3. The van der Waals surface area contributed by atoms with E-state index in [2.05, 4.69) is 15.9 Å². The molecular formula is C24H23BrO6S. The Kier molecular flexibility index (Phi) is 4.94. The molecule has 0 N–H and O–H groups in total. The van der Waals surface area contributed by atoms with E-state index >= 15 is 0 Å². The van der Waals surface area contributed by atoms with Crippen molar-refractivity contribution in [3.8, 4) is 0 Å². The molecule has 168 valence electrons. The van der Waals surface area contributed by atoms with E-state index < -0.39 is 25.6 Å². The molecule has 4 atom stereocenters. The van der Waals surface area contributed by atoms with Crippen molar-refractivity contribution in [2.24, 2.45) is 11.3 Å². The van der Waals surface area contributed by atoms with Gasteiger partial charge in [0.05, 0.1) is 18.6 Å². The molecule has 4 bridgehead atoms. The minimum atomic E-state index is -4.11. The van der Waals surface area contributed by atoms with Gasteiger partial charge >= 0.3 is 10.1 Å². The van der Waals surface area contributed by atoms with Gasteiger partial charge in [0, 0.05) is 5.92 Å². The molecule has 1 saturated carbocycles. The van der Waals surface area contributed by atoms with Gasteiger partial charge in [0.2, 0.25) is 11.6 Å². The van der Waals surface area contributed by atoms with Gasteiger partial charge in [0.1, 0.15) is 15.0 Å². The van der Waals surface area contributed by atoms with Gasteiger partial charge in [-0.2, -0.15) is 8.42 Å². The van der Waals surface area contributed by atoms with Gasteiger partial charge in [-0.25, -0.2) is 0 Å². The van der Waals surface area contributed by atoms with Crippen LogP contribution < -0.4 is 0 Å². The molecule has 0 amide bonds. The van der Waals surface area contributed by atoms with E-state index in [0.717, 1.165) is 11.1 Å². The summed E-state index contributed by atoms with van der Waals surface area (Å²) in [4.78, 5) is 13.6. The largest absolute Gasteiger partial charge is 0.383 e.